The van der Waals surface area contributed by atoms with Crippen LogP contribution in [0.2, 0.25) is 5.02 Å². The zero-order chi connectivity index (χ0) is 22.8. The van der Waals surface area contributed by atoms with Crippen molar-refractivity contribution in [2.75, 3.05) is 6.54 Å². The normalized spacial score (nSPS) is 11.3. The summed E-state index contributed by atoms with van der Waals surface area (Å²) in [6, 6.07) is 8.59. The highest BCUT2D eigenvalue weighted by atomic mass is 35.5. The van der Waals surface area contributed by atoms with Crippen LogP contribution in [0.15, 0.2) is 42.5 Å². The van der Waals surface area contributed by atoms with Gasteiger partial charge in [0.15, 0.2) is 11.6 Å². The summed E-state index contributed by atoms with van der Waals surface area (Å²) in [6.07, 6.45) is -4.79. The summed E-state index contributed by atoms with van der Waals surface area (Å²) in [6.45, 7) is 3.52. The van der Waals surface area contributed by atoms with E-state index in [1.807, 2.05) is 0 Å². The highest BCUT2D eigenvalue weighted by Gasteiger charge is 2.33. The van der Waals surface area contributed by atoms with Crippen molar-refractivity contribution >= 4 is 17.6 Å². The van der Waals surface area contributed by atoms with E-state index in [1.165, 1.54) is 6.92 Å². The van der Waals surface area contributed by atoms with Gasteiger partial charge in [-0.2, -0.15) is 17.9 Å². The minimum absolute atomic E-state index is 0.0344. The number of rotatable bonds is 5. The maximum Gasteiger partial charge on any atom is 0.416 e. The molecule has 1 amide bonds. The predicted molar refractivity (Wildman–Crippen MR) is 104 cm³/mol. The number of hydrogen-bond donors (Lipinski definition) is 1. The second-order valence-electron chi connectivity index (χ2n) is 6.25. The molecule has 0 aliphatic rings. The van der Waals surface area contributed by atoms with E-state index in [2.05, 4.69) is 10.4 Å². The maximum absolute atomic E-state index is 14.4. The van der Waals surface area contributed by atoms with E-state index in [1.54, 1.807) is 37.3 Å². The SMILES string of the molecule is CCNC(=O)n1nc(Oc2c(F)cc(C(F)(F)F)cc2Cl)c(Oc2ccccc2)c1C. The number of nitrogens with one attached hydrogen (secondary N) is 1. The lowest BCUT2D eigenvalue weighted by Gasteiger charge is -2.12. The van der Waals surface area contributed by atoms with Crippen LogP contribution in [0.3, 0.4) is 0 Å². The number of hydrogen-bond acceptors (Lipinski definition) is 4. The van der Waals surface area contributed by atoms with Gasteiger partial charge in [0.1, 0.15) is 5.75 Å². The fraction of sp³-hybridized carbons (Fsp3) is 0.200. The maximum atomic E-state index is 14.4. The fourth-order valence-corrected chi connectivity index (χ4v) is 2.84. The highest BCUT2D eigenvalue weighted by Crippen LogP contribution is 2.42. The van der Waals surface area contributed by atoms with Gasteiger partial charge in [-0.3, -0.25) is 0 Å². The zero-order valence-electron chi connectivity index (χ0n) is 16.3. The minimum Gasteiger partial charge on any atom is -0.450 e. The van der Waals surface area contributed by atoms with Gasteiger partial charge in [-0.05, 0) is 38.1 Å². The van der Waals surface area contributed by atoms with E-state index in [4.69, 9.17) is 21.1 Å². The second-order valence-corrected chi connectivity index (χ2v) is 6.66. The summed E-state index contributed by atoms with van der Waals surface area (Å²) >= 11 is 5.84. The monoisotopic (exact) mass is 457 g/mol. The van der Waals surface area contributed by atoms with Crippen molar-refractivity contribution in [3.63, 3.8) is 0 Å². The molecule has 0 bridgehead atoms. The van der Waals surface area contributed by atoms with E-state index < -0.39 is 34.4 Å². The van der Waals surface area contributed by atoms with Gasteiger partial charge in [0.25, 0.3) is 5.88 Å². The Balaban J connectivity index is 2.06. The minimum atomic E-state index is -4.79. The number of para-hydroxylation sites is 1. The molecule has 31 heavy (non-hydrogen) atoms. The molecule has 3 rings (SSSR count). The fourth-order valence-electron chi connectivity index (χ4n) is 2.59. The Morgan fingerprint density at radius 2 is 1.84 bits per heavy atom. The van der Waals surface area contributed by atoms with E-state index in [9.17, 15) is 22.4 Å². The van der Waals surface area contributed by atoms with Crippen LogP contribution in [-0.4, -0.2) is 22.4 Å². The van der Waals surface area contributed by atoms with E-state index in [0.717, 1.165) is 4.68 Å². The number of amides is 1. The van der Waals surface area contributed by atoms with Crippen LogP contribution in [0, 0.1) is 12.7 Å². The molecule has 6 nitrogen and oxygen atoms in total. The molecule has 1 aromatic heterocycles. The number of alkyl halides is 3. The van der Waals surface area contributed by atoms with Crippen molar-refractivity contribution in [2.45, 2.75) is 20.0 Å². The number of halogens is 5. The molecular weight excluding hydrogens is 442 g/mol. The largest absolute Gasteiger partial charge is 0.450 e. The number of aromatic nitrogens is 2. The van der Waals surface area contributed by atoms with Crippen LogP contribution in [0.1, 0.15) is 18.2 Å². The molecule has 0 radical (unpaired) electrons. The molecule has 2 aromatic carbocycles. The van der Waals surface area contributed by atoms with Gasteiger partial charge in [0.05, 0.1) is 16.3 Å². The van der Waals surface area contributed by atoms with Crippen molar-refractivity contribution in [2.24, 2.45) is 0 Å². The molecule has 1 heterocycles. The lowest BCUT2D eigenvalue weighted by atomic mass is 10.2. The standard InChI is InChI=1S/C20H16ClF4N3O3/c1-3-26-19(29)28-11(2)16(30-13-7-5-4-6-8-13)18(27-28)31-17-14(21)9-12(10-15(17)22)20(23,24)25/h4-10H,3H2,1-2H3,(H,26,29). The summed E-state index contributed by atoms with van der Waals surface area (Å²) in [4.78, 5) is 12.3. The molecule has 11 heteroatoms. The van der Waals surface area contributed by atoms with Gasteiger partial charge >= 0.3 is 12.2 Å². The smallest absolute Gasteiger partial charge is 0.416 e. The van der Waals surface area contributed by atoms with Crippen molar-refractivity contribution in [3.8, 4) is 23.1 Å². The number of carbonyl (C=O) groups is 1. The lowest BCUT2D eigenvalue weighted by Crippen LogP contribution is -2.29. The van der Waals surface area contributed by atoms with E-state index in [0.29, 0.717) is 18.4 Å². The predicted octanol–water partition coefficient (Wildman–Crippen LogP) is 6.17. The quantitative estimate of drug-likeness (QED) is 0.466. The van der Waals surface area contributed by atoms with Crippen LogP contribution < -0.4 is 14.8 Å². The first kappa shape index (κ1) is 22.4. The van der Waals surface area contributed by atoms with Crippen LogP contribution in [0.4, 0.5) is 22.4 Å². The molecule has 0 atom stereocenters. The third kappa shape index (κ3) is 4.91. The van der Waals surface area contributed by atoms with Gasteiger partial charge in [0.2, 0.25) is 5.75 Å². The summed E-state index contributed by atoms with van der Waals surface area (Å²) in [5.74, 6) is -2.06. The molecule has 0 saturated carbocycles. The van der Waals surface area contributed by atoms with Crippen LogP contribution in [-0.2, 0) is 6.18 Å². The third-order valence-electron chi connectivity index (χ3n) is 4.04. The first-order valence-electron chi connectivity index (χ1n) is 8.96. The Hall–Kier alpha value is -3.27. The molecule has 0 saturated heterocycles. The van der Waals surface area contributed by atoms with Gasteiger partial charge < -0.3 is 14.8 Å². The van der Waals surface area contributed by atoms with Crippen LogP contribution in [0.25, 0.3) is 0 Å². The number of benzene rings is 2. The molecule has 0 fully saturated rings. The van der Waals surface area contributed by atoms with Crippen molar-refractivity contribution in [3.05, 3.63) is 64.6 Å². The average molecular weight is 458 g/mol. The summed E-state index contributed by atoms with van der Waals surface area (Å²) < 4.78 is 65.1. The summed E-state index contributed by atoms with van der Waals surface area (Å²) in [5, 5.41) is 5.90. The first-order valence-corrected chi connectivity index (χ1v) is 9.34. The molecular formula is C20H16ClF4N3O3. The molecule has 0 spiro atoms. The third-order valence-corrected chi connectivity index (χ3v) is 4.32. The molecule has 1 N–H and O–H groups in total. The molecule has 0 aliphatic heterocycles. The Labute approximate surface area is 179 Å². The highest BCUT2D eigenvalue weighted by molar-refractivity contribution is 6.32. The molecule has 164 valence electrons. The summed E-state index contributed by atoms with van der Waals surface area (Å²) in [5.41, 5.74) is -1.06. The number of ether oxygens (including phenoxy) is 2. The Morgan fingerprint density at radius 1 is 1.16 bits per heavy atom. The van der Waals surface area contributed by atoms with Crippen molar-refractivity contribution in [1.29, 1.82) is 0 Å². The summed E-state index contributed by atoms with van der Waals surface area (Å²) in [7, 11) is 0. The first-order chi connectivity index (χ1) is 14.6. The van der Waals surface area contributed by atoms with Gasteiger partial charge in [-0.1, -0.05) is 29.8 Å². The number of carbonyl (C=O) groups excluding carboxylic acids is 1. The van der Waals surface area contributed by atoms with Crippen LogP contribution in [0.5, 0.6) is 23.1 Å². The van der Waals surface area contributed by atoms with E-state index in [-0.39, 0.29) is 23.4 Å². The molecule has 0 aliphatic carbocycles. The topological polar surface area (TPSA) is 65.4 Å². The van der Waals surface area contributed by atoms with Crippen molar-refractivity contribution < 1.29 is 31.8 Å². The van der Waals surface area contributed by atoms with Crippen LogP contribution >= 0.6 is 11.6 Å². The Bertz CT molecular complexity index is 1080. The Morgan fingerprint density at radius 3 is 2.42 bits per heavy atom. The average Bonchev–Trinajstić information content (AvgIpc) is 3.00. The van der Waals surface area contributed by atoms with Crippen molar-refractivity contribution in [1.82, 2.24) is 15.1 Å². The Kier molecular flexibility index (Phi) is 6.40. The molecule has 3 aromatic rings. The number of nitrogens with zero attached hydrogens (tertiary/aromatic N) is 2. The van der Waals surface area contributed by atoms with Gasteiger partial charge in [0, 0.05) is 6.54 Å². The lowest BCUT2D eigenvalue weighted by molar-refractivity contribution is -0.137. The van der Waals surface area contributed by atoms with Gasteiger partial charge in [-0.15, -0.1) is 5.10 Å². The van der Waals surface area contributed by atoms with E-state index >= 15 is 0 Å². The second kappa shape index (κ2) is 8.84. The zero-order valence-corrected chi connectivity index (χ0v) is 17.0. The van der Waals surface area contributed by atoms with Gasteiger partial charge in [-0.25, -0.2) is 9.18 Å². The molecule has 0 unspecified atom stereocenters.